The summed E-state index contributed by atoms with van der Waals surface area (Å²) in [5.74, 6) is -0.108. The highest BCUT2D eigenvalue weighted by Crippen LogP contribution is 2.36. The maximum absolute atomic E-state index is 12.5. The fourth-order valence-electron chi connectivity index (χ4n) is 3.00. The van der Waals surface area contributed by atoms with Gasteiger partial charge >= 0.3 is 0 Å². The van der Waals surface area contributed by atoms with E-state index in [-0.39, 0.29) is 29.0 Å². The number of hydrogen-bond donors (Lipinski definition) is 0. The Morgan fingerprint density at radius 2 is 2.07 bits per heavy atom. The smallest absolute Gasteiger partial charge is 0.269 e. The van der Waals surface area contributed by atoms with Crippen LogP contribution < -0.4 is 4.90 Å². The largest absolute Gasteiger partial charge is 0.284 e. The van der Waals surface area contributed by atoms with Crippen LogP contribution in [0.2, 0.25) is 0 Å². The van der Waals surface area contributed by atoms with E-state index in [0.29, 0.717) is 21.6 Å². The number of carbonyl (C=O) groups excluding carboxylic acids is 2. The van der Waals surface area contributed by atoms with Gasteiger partial charge in [0, 0.05) is 24.8 Å². The second-order valence-corrected chi connectivity index (χ2v) is 10.6. The Labute approximate surface area is 171 Å². The van der Waals surface area contributed by atoms with Crippen LogP contribution in [0.3, 0.4) is 0 Å². The zero-order valence-electron chi connectivity index (χ0n) is 15.1. The van der Waals surface area contributed by atoms with Crippen molar-refractivity contribution in [3.63, 3.8) is 0 Å². The van der Waals surface area contributed by atoms with E-state index in [1.807, 2.05) is 6.92 Å². The molecule has 28 heavy (non-hydrogen) atoms. The first kappa shape index (κ1) is 19.3. The lowest BCUT2D eigenvalue weighted by Gasteiger charge is -2.17. The van der Waals surface area contributed by atoms with Crippen molar-refractivity contribution < 1.29 is 18.0 Å². The zero-order valence-corrected chi connectivity index (χ0v) is 17.5. The van der Waals surface area contributed by atoms with Crippen LogP contribution in [0.1, 0.15) is 36.5 Å². The minimum absolute atomic E-state index is 0.0294. The topological polar surface area (TPSA) is 101 Å². The summed E-state index contributed by atoms with van der Waals surface area (Å²) in [7, 11) is -3.79. The molecule has 0 spiro atoms. The Morgan fingerprint density at radius 3 is 2.75 bits per heavy atom. The maximum atomic E-state index is 12.5. The van der Waals surface area contributed by atoms with Crippen molar-refractivity contribution >= 4 is 50.1 Å². The van der Waals surface area contributed by atoms with Crippen molar-refractivity contribution in [3.05, 3.63) is 29.8 Å². The molecular formula is C17H18N4O4S3. The molecule has 2 amide bonds. The van der Waals surface area contributed by atoms with E-state index < -0.39 is 15.9 Å². The van der Waals surface area contributed by atoms with Gasteiger partial charge in [0.2, 0.25) is 11.0 Å². The summed E-state index contributed by atoms with van der Waals surface area (Å²) in [5.41, 5.74) is 0.212. The van der Waals surface area contributed by atoms with Crippen LogP contribution in [-0.2, 0) is 14.8 Å². The van der Waals surface area contributed by atoms with E-state index in [4.69, 9.17) is 0 Å². The molecule has 2 aliphatic rings. The van der Waals surface area contributed by atoms with Crippen molar-refractivity contribution in [1.82, 2.24) is 14.5 Å². The second kappa shape index (κ2) is 7.45. The van der Waals surface area contributed by atoms with Crippen LogP contribution in [0.15, 0.2) is 33.5 Å². The van der Waals surface area contributed by atoms with Crippen LogP contribution in [0.25, 0.3) is 0 Å². The molecule has 1 saturated carbocycles. The third kappa shape index (κ3) is 3.42. The number of rotatable bonds is 7. The number of fused-ring (bicyclic) bond motifs is 1. The minimum atomic E-state index is -3.79. The number of anilines is 1. The summed E-state index contributed by atoms with van der Waals surface area (Å²) in [5, 5.41) is 8.81. The van der Waals surface area contributed by atoms with E-state index in [2.05, 4.69) is 10.2 Å². The fraction of sp³-hybridized carbons (Fsp3) is 0.412. The molecule has 1 aromatic carbocycles. The predicted octanol–water partition coefficient (Wildman–Crippen LogP) is 2.38. The maximum Gasteiger partial charge on any atom is 0.269 e. The third-order valence-corrected chi connectivity index (χ3v) is 8.39. The summed E-state index contributed by atoms with van der Waals surface area (Å²) in [6.07, 6.45) is 2.36. The molecule has 148 valence electrons. The Balaban J connectivity index is 1.41. The molecule has 1 aliphatic carbocycles. The highest BCUT2D eigenvalue weighted by atomic mass is 32.2. The van der Waals surface area contributed by atoms with Gasteiger partial charge in [0.05, 0.1) is 5.56 Å². The van der Waals surface area contributed by atoms with Gasteiger partial charge < -0.3 is 0 Å². The van der Waals surface area contributed by atoms with Gasteiger partial charge in [0.25, 0.3) is 15.9 Å². The van der Waals surface area contributed by atoms with Crippen molar-refractivity contribution in [2.45, 2.75) is 41.5 Å². The van der Waals surface area contributed by atoms with Gasteiger partial charge in [-0.1, -0.05) is 42.2 Å². The number of sulfonamides is 1. The molecule has 11 heteroatoms. The normalized spacial score (nSPS) is 17.6. The molecule has 4 rings (SSSR count). The molecule has 1 aromatic heterocycles. The first-order chi connectivity index (χ1) is 13.4. The molecule has 0 atom stereocenters. The number of nitrogens with zero attached hydrogens (tertiary/aromatic N) is 4. The van der Waals surface area contributed by atoms with E-state index in [0.717, 1.165) is 17.1 Å². The number of carbonyl (C=O) groups is 2. The van der Waals surface area contributed by atoms with Crippen molar-refractivity contribution in [2.75, 3.05) is 17.2 Å². The molecule has 0 unspecified atom stereocenters. The Morgan fingerprint density at radius 1 is 1.32 bits per heavy atom. The van der Waals surface area contributed by atoms with Gasteiger partial charge in [-0.05, 0) is 25.0 Å². The first-order valence-corrected chi connectivity index (χ1v) is 12.1. The number of aromatic nitrogens is 2. The molecule has 8 nitrogen and oxygen atoms in total. The van der Waals surface area contributed by atoms with Gasteiger partial charge in [-0.15, -0.1) is 10.2 Å². The van der Waals surface area contributed by atoms with Gasteiger partial charge in [0.15, 0.2) is 4.34 Å². The highest BCUT2D eigenvalue weighted by molar-refractivity contribution is 8.01. The standard InChI is InChI=1S/C17H18N4O4S3/c1-2-14(22)21(11-7-8-11)16-18-19-17(27-16)26-10-9-20-15(23)12-5-3-4-6-13(12)28(20,24)25/h3-6,11H,2,7-10H2,1H3. The lowest BCUT2D eigenvalue weighted by Crippen LogP contribution is -2.32. The molecule has 0 saturated heterocycles. The molecule has 2 heterocycles. The minimum Gasteiger partial charge on any atom is -0.284 e. The lowest BCUT2D eigenvalue weighted by molar-refractivity contribution is -0.118. The second-order valence-electron chi connectivity index (χ2n) is 6.43. The van der Waals surface area contributed by atoms with Gasteiger partial charge in [-0.3, -0.25) is 14.5 Å². The monoisotopic (exact) mass is 438 g/mol. The molecule has 2 aromatic rings. The summed E-state index contributed by atoms with van der Waals surface area (Å²) in [6.45, 7) is 1.87. The highest BCUT2D eigenvalue weighted by Gasteiger charge is 2.40. The zero-order chi connectivity index (χ0) is 19.9. The molecule has 0 N–H and O–H groups in total. The third-order valence-electron chi connectivity index (χ3n) is 4.52. The van der Waals surface area contributed by atoms with E-state index in [9.17, 15) is 18.0 Å². The van der Waals surface area contributed by atoms with E-state index >= 15 is 0 Å². The van der Waals surface area contributed by atoms with E-state index in [1.54, 1.807) is 17.0 Å². The number of hydrogen-bond acceptors (Lipinski definition) is 8. The molecular weight excluding hydrogens is 420 g/mol. The van der Waals surface area contributed by atoms with Gasteiger partial charge in [0.1, 0.15) is 4.90 Å². The van der Waals surface area contributed by atoms with Gasteiger partial charge in [-0.2, -0.15) is 0 Å². The van der Waals surface area contributed by atoms with Crippen LogP contribution in [0.5, 0.6) is 0 Å². The Bertz CT molecular complexity index is 1030. The number of amides is 2. The van der Waals surface area contributed by atoms with E-state index in [1.165, 1.54) is 35.2 Å². The molecule has 0 radical (unpaired) electrons. The summed E-state index contributed by atoms with van der Waals surface area (Å²) >= 11 is 2.64. The van der Waals surface area contributed by atoms with Crippen molar-refractivity contribution in [2.24, 2.45) is 0 Å². The summed E-state index contributed by atoms with van der Waals surface area (Å²) < 4.78 is 26.6. The van der Waals surface area contributed by atoms with Crippen LogP contribution >= 0.6 is 23.1 Å². The summed E-state index contributed by atoms with van der Waals surface area (Å²) in [6, 6.07) is 6.44. The first-order valence-electron chi connectivity index (χ1n) is 8.88. The summed E-state index contributed by atoms with van der Waals surface area (Å²) in [4.78, 5) is 26.3. The number of benzene rings is 1. The average Bonchev–Trinajstić information content (AvgIpc) is 3.38. The van der Waals surface area contributed by atoms with Crippen LogP contribution in [0.4, 0.5) is 5.13 Å². The van der Waals surface area contributed by atoms with Crippen molar-refractivity contribution in [3.8, 4) is 0 Å². The van der Waals surface area contributed by atoms with Crippen LogP contribution in [-0.4, -0.2) is 53.1 Å². The van der Waals surface area contributed by atoms with Crippen LogP contribution in [0, 0.1) is 0 Å². The molecule has 1 fully saturated rings. The number of thioether (sulfide) groups is 1. The predicted molar refractivity (Wildman–Crippen MR) is 106 cm³/mol. The van der Waals surface area contributed by atoms with Crippen molar-refractivity contribution in [1.29, 1.82) is 0 Å². The quantitative estimate of drug-likeness (QED) is 0.483. The van der Waals surface area contributed by atoms with Gasteiger partial charge in [-0.25, -0.2) is 12.7 Å². The average molecular weight is 439 g/mol. The molecule has 0 bridgehead atoms. The SMILES string of the molecule is CCC(=O)N(c1nnc(SCCN2C(=O)c3ccccc3S2(=O)=O)s1)C1CC1. The molecule has 1 aliphatic heterocycles. The lowest BCUT2D eigenvalue weighted by atomic mass is 10.2. The Hall–Kier alpha value is -1.98. The Kier molecular flexibility index (Phi) is 5.15. The fourth-order valence-corrected chi connectivity index (χ4v) is 6.61.